The lowest BCUT2D eigenvalue weighted by molar-refractivity contribution is 0.155. The molecular weight excluding hydrogens is 220 g/mol. The third-order valence-corrected chi connectivity index (χ3v) is 2.16. The first-order valence-corrected chi connectivity index (χ1v) is 5.11. The Kier molecular flexibility index (Phi) is 3.34. The highest BCUT2D eigenvalue weighted by molar-refractivity contribution is 5.83. The number of anilines is 1. The van der Waals surface area contributed by atoms with Crippen LogP contribution in [0.15, 0.2) is 30.3 Å². The van der Waals surface area contributed by atoms with Crippen molar-refractivity contribution < 1.29 is 9.53 Å². The molecule has 0 spiro atoms. The lowest BCUT2D eigenvalue weighted by Gasteiger charge is -2.04. The van der Waals surface area contributed by atoms with E-state index in [9.17, 15) is 4.79 Å². The zero-order valence-electron chi connectivity index (χ0n) is 9.30. The molecule has 0 radical (unpaired) electrons. The summed E-state index contributed by atoms with van der Waals surface area (Å²) in [6, 6.07) is 9.45. The van der Waals surface area contributed by atoms with Crippen molar-refractivity contribution >= 4 is 11.9 Å². The fourth-order valence-electron chi connectivity index (χ4n) is 1.26. The second-order valence-corrected chi connectivity index (χ2v) is 3.44. The number of nitrogens with zero attached hydrogens (tertiary/aromatic N) is 2. The molecule has 0 bridgehead atoms. The average molecular weight is 232 g/mol. The van der Waals surface area contributed by atoms with Crippen molar-refractivity contribution in [1.82, 2.24) is 15.4 Å². The Hall–Kier alpha value is -2.37. The van der Waals surface area contributed by atoms with E-state index in [2.05, 4.69) is 20.7 Å². The molecule has 0 atom stereocenters. The van der Waals surface area contributed by atoms with Crippen LogP contribution in [-0.4, -0.2) is 21.5 Å². The molecule has 2 N–H and O–H groups in total. The molecule has 1 amide bonds. The molecule has 1 heterocycles. The average Bonchev–Trinajstić information content (AvgIpc) is 2.74. The molecule has 88 valence electrons. The van der Waals surface area contributed by atoms with E-state index in [1.807, 2.05) is 30.3 Å². The third kappa shape index (κ3) is 3.04. The van der Waals surface area contributed by atoms with Crippen molar-refractivity contribution in [3.63, 3.8) is 0 Å². The first kappa shape index (κ1) is 11.1. The monoisotopic (exact) mass is 232 g/mol. The summed E-state index contributed by atoms with van der Waals surface area (Å²) in [7, 11) is 0. The second kappa shape index (κ2) is 5.11. The van der Waals surface area contributed by atoms with Gasteiger partial charge in [-0.2, -0.15) is 10.3 Å². The number of H-pyrrole nitrogens is 1. The van der Waals surface area contributed by atoms with Gasteiger partial charge in [0.2, 0.25) is 0 Å². The zero-order chi connectivity index (χ0) is 12.1. The van der Waals surface area contributed by atoms with Gasteiger partial charge in [-0.25, -0.2) is 4.79 Å². The SMILES string of the molecule is Cc1n[nH]nc1NC(=O)OCc1ccccc1. The predicted octanol–water partition coefficient (Wildman–Crippen LogP) is 1.86. The highest BCUT2D eigenvalue weighted by atomic mass is 16.5. The summed E-state index contributed by atoms with van der Waals surface area (Å²) in [5.74, 6) is 0.378. The van der Waals surface area contributed by atoms with Crippen LogP contribution in [0.4, 0.5) is 10.6 Å². The molecule has 0 saturated heterocycles. The fraction of sp³-hybridized carbons (Fsp3) is 0.182. The van der Waals surface area contributed by atoms with Crippen molar-refractivity contribution in [2.24, 2.45) is 0 Å². The number of ether oxygens (including phenoxy) is 1. The van der Waals surface area contributed by atoms with Crippen molar-refractivity contribution in [2.45, 2.75) is 13.5 Å². The Labute approximate surface area is 98.0 Å². The maximum Gasteiger partial charge on any atom is 0.413 e. The number of nitrogens with one attached hydrogen (secondary N) is 2. The van der Waals surface area contributed by atoms with Gasteiger partial charge in [0.25, 0.3) is 0 Å². The first-order chi connectivity index (χ1) is 8.25. The quantitative estimate of drug-likeness (QED) is 0.846. The van der Waals surface area contributed by atoms with Gasteiger partial charge in [-0.05, 0) is 12.5 Å². The third-order valence-electron chi connectivity index (χ3n) is 2.16. The van der Waals surface area contributed by atoms with Crippen molar-refractivity contribution in [2.75, 3.05) is 5.32 Å². The Morgan fingerprint density at radius 3 is 2.76 bits per heavy atom. The molecule has 17 heavy (non-hydrogen) atoms. The molecule has 0 fully saturated rings. The van der Waals surface area contributed by atoms with Crippen LogP contribution < -0.4 is 5.32 Å². The number of aromatic amines is 1. The van der Waals surface area contributed by atoms with Crippen LogP contribution in [-0.2, 0) is 11.3 Å². The summed E-state index contributed by atoms with van der Waals surface area (Å²) >= 11 is 0. The number of hydrogen-bond donors (Lipinski definition) is 2. The van der Waals surface area contributed by atoms with Gasteiger partial charge in [-0.1, -0.05) is 30.3 Å². The molecule has 1 aromatic carbocycles. The minimum Gasteiger partial charge on any atom is -0.444 e. The van der Waals surface area contributed by atoms with Crippen LogP contribution in [0, 0.1) is 6.92 Å². The number of amides is 1. The molecule has 0 saturated carbocycles. The number of aromatic nitrogens is 3. The molecule has 2 aromatic rings. The van der Waals surface area contributed by atoms with E-state index in [4.69, 9.17) is 4.74 Å². The molecule has 0 aliphatic heterocycles. The summed E-state index contributed by atoms with van der Waals surface area (Å²) in [6.45, 7) is 1.96. The number of hydrogen-bond acceptors (Lipinski definition) is 4. The first-order valence-electron chi connectivity index (χ1n) is 5.11. The van der Waals surface area contributed by atoms with E-state index < -0.39 is 6.09 Å². The number of carbonyl (C=O) groups excluding carboxylic acids is 1. The van der Waals surface area contributed by atoms with Gasteiger partial charge in [0, 0.05) is 0 Å². The van der Waals surface area contributed by atoms with E-state index in [-0.39, 0.29) is 6.61 Å². The highest BCUT2D eigenvalue weighted by Crippen LogP contribution is 2.07. The largest absolute Gasteiger partial charge is 0.444 e. The van der Waals surface area contributed by atoms with Gasteiger partial charge >= 0.3 is 6.09 Å². The normalized spacial score (nSPS) is 9.94. The van der Waals surface area contributed by atoms with E-state index >= 15 is 0 Å². The number of benzene rings is 1. The molecule has 1 aromatic heterocycles. The fourth-order valence-corrected chi connectivity index (χ4v) is 1.26. The van der Waals surface area contributed by atoms with Gasteiger partial charge in [0.15, 0.2) is 5.82 Å². The summed E-state index contributed by atoms with van der Waals surface area (Å²) in [4.78, 5) is 11.4. The number of aryl methyl sites for hydroxylation is 1. The smallest absolute Gasteiger partial charge is 0.413 e. The van der Waals surface area contributed by atoms with Crippen LogP contribution in [0.5, 0.6) is 0 Å². The lowest BCUT2D eigenvalue weighted by atomic mass is 10.2. The summed E-state index contributed by atoms with van der Waals surface area (Å²) in [5, 5.41) is 12.4. The molecule has 2 rings (SSSR count). The number of rotatable bonds is 3. The van der Waals surface area contributed by atoms with Gasteiger partial charge in [-0.3, -0.25) is 5.32 Å². The Morgan fingerprint density at radius 2 is 2.12 bits per heavy atom. The van der Waals surface area contributed by atoms with Gasteiger partial charge in [0.05, 0.1) is 0 Å². The Balaban J connectivity index is 1.85. The minimum absolute atomic E-state index is 0.226. The predicted molar refractivity (Wildman–Crippen MR) is 61.4 cm³/mol. The Morgan fingerprint density at radius 1 is 1.35 bits per heavy atom. The highest BCUT2D eigenvalue weighted by Gasteiger charge is 2.08. The minimum atomic E-state index is -0.550. The summed E-state index contributed by atoms with van der Waals surface area (Å²) in [6.07, 6.45) is -0.550. The molecule has 0 aliphatic rings. The van der Waals surface area contributed by atoms with E-state index in [1.165, 1.54) is 0 Å². The van der Waals surface area contributed by atoms with E-state index in [0.29, 0.717) is 11.5 Å². The van der Waals surface area contributed by atoms with Crippen molar-refractivity contribution in [1.29, 1.82) is 0 Å². The van der Waals surface area contributed by atoms with E-state index in [1.54, 1.807) is 6.92 Å². The number of carbonyl (C=O) groups is 1. The van der Waals surface area contributed by atoms with Crippen LogP contribution in [0.3, 0.4) is 0 Å². The van der Waals surface area contributed by atoms with Crippen molar-refractivity contribution in [3.8, 4) is 0 Å². The van der Waals surface area contributed by atoms with Crippen LogP contribution >= 0.6 is 0 Å². The van der Waals surface area contributed by atoms with Gasteiger partial charge < -0.3 is 4.74 Å². The molecular formula is C11H12N4O2. The molecule has 6 heteroatoms. The van der Waals surface area contributed by atoms with E-state index in [0.717, 1.165) is 5.56 Å². The topological polar surface area (TPSA) is 79.9 Å². The maximum absolute atomic E-state index is 11.4. The van der Waals surface area contributed by atoms with Crippen LogP contribution in [0.25, 0.3) is 0 Å². The van der Waals surface area contributed by atoms with Crippen LogP contribution in [0.1, 0.15) is 11.3 Å². The maximum atomic E-state index is 11.4. The van der Waals surface area contributed by atoms with Gasteiger partial charge in [0.1, 0.15) is 12.3 Å². The van der Waals surface area contributed by atoms with Gasteiger partial charge in [-0.15, -0.1) is 5.10 Å². The van der Waals surface area contributed by atoms with Crippen molar-refractivity contribution in [3.05, 3.63) is 41.6 Å². The molecule has 0 aliphatic carbocycles. The molecule has 6 nitrogen and oxygen atoms in total. The Bertz CT molecular complexity index is 495. The zero-order valence-corrected chi connectivity index (χ0v) is 9.30. The standard InChI is InChI=1S/C11H12N4O2/c1-8-10(14-15-13-8)12-11(16)17-7-9-5-3-2-4-6-9/h2-6H,7H2,1H3,(H2,12,13,14,15,16). The summed E-state index contributed by atoms with van der Waals surface area (Å²) in [5.41, 5.74) is 1.54. The molecule has 0 unspecified atom stereocenters. The van der Waals surface area contributed by atoms with Crippen LogP contribution in [0.2, 0.25) is 0 Å². The lowest BCUT2D eigenvalue weighted by Crippen LogP contribution is -2.14. The summed E-state index contributed by atoms with van der Waals surface area (Å²) < 4.78 is 5.02. The second-order valence-electron chi connectivity index (χ2n) is 3.44.